The highest BCUT2D eigenvalue weighted by Crippen LogP contribution is 2.18. The first kappa shape index (κ1) is 10.2. The van der Waals surface area contributed by atoms with E-state index in [1.165, 1.54) is 0 Å². The van der Waals surface area contributed by atoms with Crippen LogP contribution in [-0.2, 0) is 0 Å². The number of nitrogens with zero attached hydrogens (tertiary/aromatic N) is 2. The van der Waals surface area contributed by atoms with Crippen molar-refractivity contribution in [2.45, 2.75) is 26.3 Å². The maximum atomic E-state index is 10.6. The number of carboxylic acid groups (broad SMARTS) is 1. The van der Waals surface area contributed by atoms with Crippen LogP contribution in [0.4, 0.5) is 0 Å². The van der Waals surface area contributed by atoms with Crippen LogP contribution in [-0.4, -0.2) is 20.9 Å². The van der Waals surface area contributed by atoms with Crippen LogP contribution in [0.15, 0.2) is 10.7 Å². The molecule has 13 heavy (non-hydrogen) atoms. The molecule has 0 saturated carbocycles. The van der Waals surface area contributed by atoms with Crippen LogP contribution < -0.4 is 0 Å². The summed E-state index contributed by atoms with van der Waals surface area (Å²) in [5.74, 6) is -1.01. The summed E-state index contributed by atoms with van der Waals surface area (Å²) in [6, 6.07) is 0.226. The fourth-order valence-electron chi connectivity index (χ4n) is 0.927. The Morgan fingerprint density at radius 3 is 2.85 bits per heavy atom. The predicted molar refractivity (Wildman–Crippen MR) is 51.9 cm³/mol. The van der Waals surface area contributed by atoms with Crippen molar-refractivity contribution in [1.29, 1.82) is 0 Å². The molecule has 0 saturated heterocycles. The molecule has 0 amide bonds. The Morgan fingerprint density at radius 1 is 1.85 bits per heavy atom. The lowest BCUT2D eigenvalue weighted by atomic mass is 10.3. The molecule has 1 aromatic heterocycles. The number of hydrogen-bond acceptors (Lipinski definition) is 2. The van der Waals surface area contributed by atoms with Gasteiger partial charge in [0, 0.05) is 12.2 Å². The standard InChI is InChI=1S/C8H11BrN2O2/c1-3-5(2)11-4-6(9)7(10-11)8(12)13/h4-5H,3H2,1-2H3,(H,12,13)/t5-/m0/s1. The van der Waals surface area contributed by atoms with Gasteiger partial charge in [-0.25, -0.2) is 4.79 Å². The van der Waals surface area contributed by atoms with Gasteiger partial charge in [-0.05, 0) is 29.3 Å². The number of carbonyl (C=O) groups is 1. The second kappa shape index (κ2) is 3.91. The van der Waals surface area contributed by atoms with Crippen LogP contribution in [0.2, 0.25) is 0 Å². The summed E-state index contributed by atoms with van der Waals surface area (Å²) in [7, 11) is 0. The highest BCUT2D eigenvalue weighted by atomic mass is 79.9. The lowest BCUT2D eigenvalue weighted by Gasteiger charge is -2.07. The SMILES string of the molecule is CC[C@H](C)n1cc(Br)c(C(=O)O)n1. The molecule has 0 unspecified atom stereocenters. The van der Waals surface area contributed by atoms with Gasteiger partial charge >= 0.3 is 5.97 Å². The van der Waals surface area contributed by atoms with Crippen molar-refractivity contribution in [3.8, 4) is 0 Å². The zero-order valence-electron chi connectivity index (χ0n) is 7.49. The van der Waals surface area contributed by atoms with Gasteiger partial charge in [0.25, 0.3) is 0 Å². The minimum atomic E-state index is -1.01. The number of aromatic carboxylic acids is 1. The molecule has 0 bridgehead atoms. The van der Waals surface area contributed by atoms with Crippen molar-refractivity contribution in [1.82, 2.24) is 9.78 Å². The molecule has 0 spiro atoms. The molecule has 1 heterocycles. The van der Waals surface area contributed by atoms with Gasteiger partial charge in [-0.15, -0.1) is 0 Å². The fraction of sp³-hybridized carbons (Fsp3) is 0.500. The van der Waals surface area contributed by atoms with Crippen molar-refractivity contribution in [2.75, 3.05) is 0 Å². The minimum absolute atomic E-state index is 0.0697. The zero-order valence-corrected chi connectivity index (χ0v) is 9.08. The lowest BCUT2D eigenvalue weighted by molar-refractivity contribution is 0.0688. The molecule has 1 rings (SSSR count). The summed E-state index contributed by atoms with van der Waals surface area (Å²) < 4.78 is 2.19. The Bertz CT molecular complexity index is 322. The molecule has 1 atom stereocenters. The fourth-order valence-corrected chi connectivity index (χ4v) is 1.39. The van der Waals surface area contributed by atoms with Gasteiger partial charge in [0.15, 0.2) is 5.69 Å². The third-order valence-corrected chi connectivity index (χ3v) is 2.51. The summed E-state index contributed by atoms with van der Waals surface area (Å²) in [5, 5.41) is 12.7. The first-order valence-corrected chi connectivity index (χ1v) is 4.83. The zero-order chi connectivity index (χ0) is 10.0. The summed E-state index contributed by atoms with van der Waals surface area (Å²) in [6.07, 6.45) is 2.62. The molecule has 0 aliphatic carbocycles. The van der Waals surface area contributed by atoms with Crippen LogP contribution in [0.25, 0.3) is 0 Å². The lowest BCUT2D eigenvalue weighted by Crippen LogP contribution is -2.06. The van der Waals surface area contributed by atoms with E-state index < -0.39 is 5.97 Å². The third kappa shape index (κ3) is 2.09. The Kier molecular flexibility index (Phi) is 3.08. The molecule has 1 N–H and O–H groups in total. The van der Waals surface area contributed by atoms with Crippen molar-refractivity contribution in [2.24, 2.45) is 0 Å². The molecule has 1 aromatic rings. The molecule has 0 aliphatic rings. The van der Waals surface area contributed by atoms with Crippen molar-refractivity contribution in [3.05, 3.63) is 16.4 Å². The smallest absolute Gasteiger partial charge is 0.357 e. The topological polar surface area (TPSA) is 55.1 Å². The van der Waals surface area contributed by atoms with E-state index in [1.54, 1.807) is 10.9 Å². The van der Waals surface area contributed by atoms with E-state index in [2.05, 4.69) is 21.0 Å². The van der Waals surface area contributed by atoms with Crippen LogP contribution in [0.1, 0.15) is 36.8 Å². The van der Waals surface area contributed by atoms with E-state index in [4.69, 9.17) is 5.11 Å². The second-order valence-corrected chi connectivity index (χ2v) is 3.72. The molecular weight excluding hydrogens is 236 g/mol. The van der Waals surface area contributed by atoms with Gasteiger partial charge in [0.1, 0.15) is 0 Å². The highest BCUT2D eigenvalue weighted by molar-refractivity contribution is 9.10. The van der Waals surface area contributed by atoms with E-state index in [1.807, 2.05) is 13.8 Å². The van der Waals surface area contributed by atoms with E-state index in [-0.39, 0.29) is 11.7 Å². The van der Waals surface area contributed by atoms with Gasteiger partial charge in [-0.1, -0.05) is 6.92 Å². The normalized spacial score (nSPS) is 12.8. The van der Waals surface area contributed by atoms with E-state index in [9.17, 15) is 4.79 Å². The minimum Gasteiger partial charge on any atom is -0.476 e. The summed E-state index contributed by atoms with van der Waals surface area (Å²) in [6.45, 7) is 4.02. The highest BCUT2D eigenvalue weighted by Gasteiger charge is 2.15. The number of carboxylic acids is 1. The molecule has 4 nitrogen and oxygen atoms in total. The number of rotatable bonds is 3. The monoisotopic (exact) mass is 246 g/mol. The van der Waals surface area contributed by atoms with Crippen LogP contribution >= 0.6 is 15.9 Å². The first-order chi connectivity index (χ1) is 6.06. The Hall–Kier alpha value is -0.840. The number of aromatic nitrogens is 2. The third-order valence-electron chi connectivity index (χ3n) is 1.93. The van der Waals surface area contributed by atoms with Gasteiger partial charge in [0.05, 0.1) is 4.47 Å². The Balaban J connectivity index is 3.01. The molecular formula is C8H11BrN2O2. The van der Waals surface area contributed by atoms with Crippen LogP contribution in [0, 0.1) is 0 Å². The van der Waals surface area contributed by atoms with Crippen LogP contribution in [0.3, 0.4) is 0 Å². The van der Waals surface area contributed by atoms with E-state index >= 15 is 0 Å². The largest absolute Gasteiger partial charge is 0.476 e. The van der Waals surface area contributed by atoms with Gasteiger partial charge in [-0.3, -0.25) is 4.68 Å². The van der Waals surface area contributed by atoms with Crippen LogP contribution in [0.5, 0.6) is 0 Å². The molecule has 5 heteroatoms. The summed E-state index contributed by atoms with van der Waals surface area (Å²) in [4.78, 5) is 10.6. The first-order valence-electron chi connectivity index (χ1n) is 4.04. The summed E-state index contributed by atoms with van der Waals surface area (Å²) in [5.41, 5.74) is 0.0697. The Labute approximate surface area is 84.7 Å². The second-order valence-electron chi connectivity index (χ2n) is 2.87. The van der Waals surface area contributed by atoms with Gasteiger partial charge in [-0.2, -0.15) is 5.10 Å². The number of hydrogen-bond donors (Lipinski definition) is 1. The average Bonchev–Trinajstić information content (AvgIpc) is 2.46. The van der Waals surface area contributed by atoms with Gasteiger partial charge in [0.2, 0.25) is 0 Å². The summed E-state index contributed by atoms with van der Waals surface area (Å²) >= 11 is 3.15. The maximum Gasteiger partial charge on any atom is 0.357 e. The van der Waals surface area contributed by atoms with Crippen molar-refractivity contribution < 1.29 is 9.90 Å². The molecule has 0 radical (unpaired) electrons. The molecule has 0 aliphatic heterocycles. The van der Waals surface area contributed by atoms with E-state index in [0.29, 0.717) is 4.47 Å². The average molecular weight is 247 g/mol. The Morgan fingerprint density at radius 2 is 2.46 bits per heavy atom. The van der Waals surface area contributed by atoms with Gasteiger partial charge < -0.3 is 5.11 Å². The molecule has 0 fully saturated rings. The number of halogens is 1. The predicted octanol–water partition coefficient (Wildman–Crippen LogP) is 2.31. The molecule has 72 valence electrons. The van der Waals surface area contributed by atoms with Crippen molar-refractivity contribution in [3.63, 3.8) is 0 Å². The van der Waals surface area contributed by atoms with Crippen molar-refractivity contribution >= 4 is 21.9 Å². The van der Waals surface area contributed by atoms with E-state index in [0.717, 1.165) is 6.42 Å². The maximum absolute atomic E-state index is 10.6. The quantitative estimate of drug-likeness (QED) is 0.891. The molecule has 0 aromatic carbocycles.